The Balaban J connectivity index is 1.77. The Morgan fingerprint density at radius 2 is 1.59 bits per heavy atom. The van der Waals surface area contributed by atoms with Crippen molar-refractivity contribution in [1.82, 2.24) is 0 Å². The number of amides is 1. The second-order valence-electron chi connectivity index (χ2n) is 6.28. The summed E-state index contributed by atoms with van der Waals surface area (Å²) in [6.45, 7) is 1.48. The van der Waals surface area contributed by atoms with Crippen LogP contribution in [-0.4, -0.2) is 32.2 Å². The van der Waals surface area contributed by atoms with Crippen LogP contribution in [0.1, 0.15) is 17.3 Å². The molecular formula is C22H20ClNO5. The lowest BCUT2D eigenvalue weighted by atomic mass is 10.1. The van der Waals surface area contributed by atoms with Gasteiger partial charge in [0, 0.05) is 5.02 Å². The van der Waals surface area contributed by atoms with E-state index < -0.39 is 18.0 Å². The third kappa shape index (κ3) is 4.60. The predicted molar refractivity (Wildman–Crippen MR) is 112 cm³/mol. The molecular weight excluding hydrogens is 394 g/mol. The summed E-state index contributed by atoms with van der Waals surface area (Å²) in [6.07, 6.45) is -1.05. The van der Waals surface area contributed by atoms with E-state index in [-0.39, 0.29) is 5.56 Å². The molecule has 1 amide bonds. The molecule has 0 unspecified atom stereocenters. The molecule has 0 heterocycles. The first-order chi connectivity index (χ1) is 13.9. The number of methoxy groups -OCH3 is 2. The van der Waals surface area contributed by atoms with Crippen molar-refractivity contribution in [3.63, 3.8) is 0 Å². The van der Waals surface area contributed by atoms with Crippen molar-refractivity contribution in [2.24, 2.45) is 0 Å². The molecule has 0 aliphatic rings. The van der Waals surface area contributed by atoms with Crippen molar-refractivity contribution in [2.75, 3.05) is 19.5 Å². The molecule has 7 heteroatoms. The normalized spacial score (nSPS) is 11.6. The first-order valence-electron chi connectivity index (χ1n) is 8.85. The molecule has 0 saturated heterocycles. The van der Waals surface area contributed by atoms with Crippen molar-refractivity contribution in [1.29, 1.82) is 0 Å². The van der Waals surface area contributed by atoms with Crippen molar-refractivity contribution in [3.8, 4) is 11.5 Å². The predicted octanol–water partition coefficient (Wildman–Crippen LogP) is 4.69. The van der Waals surface area contributed by atoms with Gasteiger partial charge in [-0.15, -0.1) is 0 Å². The fraction of sp³-hybridized carbons (Fsp3) is 0.182. The van der Waals surface area contributed by atoms with Crippen LogP contribution in [-0.2, 0) is 9.53 Å². The van der Waals surface area contributed by atoms with Crippen LogP contribution < -0.4 is 14.8 Å². The zero-order valence-electron chi connectivity index (χ0n) is 16.2. The summed E-state index contributed by atoms with van der Waals surface area (Å²) in [6, 6.07) is 15.8. The van der Waals surface area contributed by atoms with Crippen LogP contribution in [0, 0.1) is 0 Å². The highest BCUT2D eigenvalue weighted by Crippen LogP contribution is 2.29. The number of hydrogen-bond donors (Lipinski definition) is 1. The number of esters is 1. The molecule has 3 aromatic rings. The van der Waals surface area contributed by atoms with Gasteiger partial charge in [0.2, 0.25) is 0 Å². The molecule has 0 saturated carbocycles. The monoisotopic (exact) mass is 413 g/mol. The summed E-state index contributed by atoms with van der Waals surface area (Å²) in [5.74, 6) is -0.359. The number of carbonyl (C=O) groups is 2. The molecule has 3 rings (SSSR count). The number of carbonyl (C=O) groups excluding carboxylic acids is 2. The molecule has 1 N–H and O–H groups in total. The number of nitrogens with one attached hydrogen (secondary N) is 1. The van der Waals surface area contributed by atoms with E-state index in [1.165, 1.54) is 21.1 Å². The smallest absolute Gasteiger partial charge is 0.342 e. The van der Waals surface area contributed by atoms with Gasteiger partial charge >= 0.3 is 5.97 Å². The second-order valence-corrected chi connectivity index (χ2v) is 6.72. The molecule has 1 atom stereocenters. The van der Waals surface area contributed by atoms with Crippen molar-refractivity contribution in [3.05, 3.63) is 65.2 Å². The summed E-state index contributed by atoms with van der Waals surface area (Å²) in [4.78, 5) is 25.2. The third-order valence-electron chi connectivity index (χ3n) is 4.36. The number of halogens is 1. The summed E-state index contributed by atoms with van der Waals surface area (Å²) >= 11 is 5.98. The quantitative estimate of drug-likeness (QED) is 0.593. The lowest BCUT2D eigenvalue weighted by molar-refractivity contribution is -0.123. The van der Waals surface area contributed by atoms with Crippen LogP contribution in [0.5, 0.6) is 11.5 Å². The number of hydrogen-bond acceptors (Lipinski definition) is 5. The fourth-order valence-electron chi connectivity index (χ4n) is 2.84. The molecule has 3 aromatic carbocycles. The Hall–Kier alpha value is -3.25. The number of ether oxygens (including phenoxy) is 3. The molecule has 0 radical (unpaired) electrons. The van der Waals surface area contributed by atoms with E-state index in [4.69, 9.17) is 25.8 Å². The zero-order chi connectivity index (χ0) is 21.0. The van der Waals surface area contributed by atoms with Gasteiger partial charge in [0.15, 0.2) is 6.10 Å². The van der Waals surface area contributed by atoms with Crippen molar-refractivity contribution in [2.45, 2.75) is 13.0 Å². The molecule has 0 bridgehead atoms. The maximum atomic E-state index is 12.7. The van der Waals surface area contributed by atoms with Crippen LogP contribution in [0.15, 0.2) is 54.6 Å². The lowest BCUT2D eigenvalue weighted by Crippen LogP contribution is -2.30. The van der Waals surface area contributed by atoms with E-state index in [0.29, 0.717) is 22.2 Å². The van der Waals surface area contributed by atoms with Crippen molar-refractivity contribution >= 4 is 39.9 Å². The van der Waals surface area contributed by atoms with E-state index in [1.54, 1.807) is 30.3 Å². The number of rotatable bonds is 6. The minimum Gasteiger partial charge on any atom is -0.496 e. The van der Waals surface area contributed by atoms with Gasteiger partial charge in [-0.1, -0.05) is 35.9 Å². The topological polar surface area (TPSA) is 73.9 Å². The summed E-state index contributed by atoms with van der Waals surface area (Å²) in [7, 11) is 2.96. The average molecular weight is 414 g/mol. The lowest BCUT2D eigenvalue weighted by Gasteiger charge is -2.16. The first-order valence-corrected chi connectivity index (χ1v) is 9.23. The van der Waals surface area contributed by atoms with Crippen molar-refractivity contribution < 1.29 is 23.8 Å². The highest BCUT2D eigenvalue weighted by atomic mass is 35.5. The highest BCUT2D eigenvalue weighted by Gasteiger charge is 2.23. The Morgan fingerprint density at radius 1 is 0.931 bits per heavy atom. The minimum absolute atomic E-state index is 0.242. The Labute approximate surface area is 173 Å². The standard InChI is InChI=1S/C22H20ClNO5/c1-13(21(25)24-18-12-16(23)8-9-19(18)27-2)29-22(26)17-10-14-6-4-5-7-15(14)11-20(17)28-3/h4-13H,1-3H3,(H,24,25)/t13-/m1/s1. The molecule has 0 fully saturated rings. The molecule has 0 spiro atoms. The van der Waals surface area contributed by atoms with Gasteiger partial charge in [-0.05, 0) is 48.0 Å². The van der Waals surface area contributed by atoms with E-state index in [9.17, 15) is 9.59 Å². The number of benzene rings is 3. The second kappa shape index (κ2) is 8.84. The van der Waals surface area contributed by atoms with Crippen LogP contribution >= 0.6 is 11.6 Å². The van der Waals surface area contributed by atoms with Crippen LogP contribution in [0.25, 0.3) is 10.8 Å². The molecule has 0 aliphatic carbocycles. The van der Waals surface area contributed by atoms with Gasteiger partial charge < -0.3 is 19.5 Å². The van der Waals surface area contributed by atoms with E-state index in [0.717, 1.165) is 10.8 Å². The molecule has 6 nitrogen and oxygen atoms in total. The molecule has 0 aliphatic heterocycles. The van der Waals surface area contributed by atoms with E-state index in [2.05, 4.69) is 5.32 Å². The van der Waals surface area contributed by atoms with Gasteiger partial charge in [0.1, 0.15) is 17.1 Å². The van der Waals surface area contributed by atoms with Crippen LogP contribution in [0.2, 0.25) is 5.02 Å². The Morgan fingerprint density at radius 3 is 2.24 bits per heavy atom. The van der Waals surface area contributed by atoms with Crippen LogP contribution in [0.3, 0.4) is 0 Å². The SMILES string of the molecule is COc1ccc(Cl)cc1NC(=O)[C@@H](C)OC(=O)c1cc2ccccc2cc1OC. The van der Waals surface area contributed by atoms with Gasteiger partial charge in [-0.2, -0.15) is 0 Å². The molecule has 0 aromatic heterocycles. The maximum absolute atomic E-state index is 12.7. The summed E-state index contributed by atoms with van der Waals surface area (Å²) in [5, 5.41) is 4.89. The fourth-order valence-corrected chi connectivity index (χ4v) is 3.01. The average Bonchev–Trinajstić information content (AvgIpc) is 2.72. The maximum Gasteiger partial charge on any atom is 0.342 e. The largest absolute Gasteiger partial charge is 0.496 e. The summed E-state index contributed by atoms with van der Waals surface area (Å²) in [5.41, 5.74) is 0.627. The van der Waals surface area contributed by atoms with Gasteiger partial charge in [-0.25, -0.2) is 4.79 Å². The summed E-state index contributed by atoms with van der Waals surface area (Å²) < 4.78 is 15.9. The minimum atomic E-state index is -1.05. The Bertz CT molecular complexity index is 1070. The van der Waals surface area contributed by atoms with E-state index in [1.807, 2.05) is 24.3 Å². The zero-order valence-corrected chi connectivity index (χ0v) is 16.9. The molecule has 150 valence electrons. The number of fused-ring (bicyclic) bond motifs is 1. The highest BCUT2D eigenvalue weighted by molar-refractivity contribution is 6.31. The number of anilines is 1. The van der Waals surface area contributed by atoms with E-state index >= 15 is 0 Å². The Kier molecular flexibility index (Phi) is 6.24. The molecule has 29 heavy (non-hydrogen) atoms. The van der Waals surface area contributed by atoms with Crippen LogP contribution in [0.4, 0.5) is 5.69 Å². The van der Waals surface area contributed by atoms with Gasteiger partial charge in [-0.3, -0.25) is 4.79 Å². The van der Waals surface area contributed by atoms with Gasteiger partial charge in [0.05, 0.1) is 19.9 Å². The first kappa shape index (κ1) is 20.5. The van der Waals surface area contributed by atoms with Gasteiger partial charge in [0.25, 0.3) is 5.91 Å². The third-order valence-corrected chi connectivity index (χ3v) is 4.60.